The summed E-state index contributed by atoms with van der Waals surface area (Å²) < 4.78 is 6.66. The Hall–Kier alpha value is -3.09. The Morgan fingerprint density at radius 1 is 1.19 bits per heavy atom. The van der Waals surface area contributed by atoms with E-state index < -0.39 is 5.97 Å². The smallest absolute Gasteiger partial charge is 0.354 e. The second kappa shape index (κ2) is 5.12. The molecule has 2 N–H and O–H groups in total. The van der Waals surface area contributed by atoms with Gasteiger partial charge >= 0.3 is 5.97 Å². The molecule has 21 heavy (non-hydrogen) atoms. The summed E-state index contributed by atoms with van der Waals surface area (Å²) in [6, 6.07) is 11.2. The van der Waals surface area contributed by atoms with Gasteiger partial charge in [-0.3, -0.25) is 0 Å². The van der Waals surface area contributed by atoms with E-state index >= 15 is 0 Å². The lowest BCUT2D eigenvalue weighted by Crippen LogP contribution is -2.06. The van der Waals surface area contributed by atoms with Crippen molar-refractivity contribution in [2.45, 2.75) is 6.61 Å². The van der Waals surface area contributed by atoms with E-state index in [4.69, 9.17) is 9.84 Å². The van der Waals surface area contributed by atoms with E-state index in [2.05, 4.69) is 10.1 Å². The van der Waals surface area contributed by atoms with Crippen LogP contribution in [-0.4, -0.2) is 30.8 Å². The maximum atomic E-state index is 11.1. The fourth-order valence-corrected chi connectivity index (χ4v) is 1.89. The predicted molar refractivity (Wildman–Crippen MR) is 72.4 cm³/mol. The SMILES string of the molecule is O=C(O)c1cccc2nc(COc3ccccc3O)nn12. The number of pyridine rings is 1. The number of rotatable bonds is 4. The van der Waals surface area contributed by atoms with Gasteiger partial charge in [-0.25, -0.2) is 14.3 Å². The van der Waals surface area contributed by atoms with Crippen LogP contribution in [0.5, 0.6) is 11.5 Å². The quantitative estimate of drug-likeness (QED) is 0.757. The lowest BCUT2D eigenvalue weighted by molar-refractivity contribution is 0.0687. The number of aromatic nitrogens is 3. The van der Waals surface area contributed by atoms with Crippen molar-refractivity contribution in [2.75, 3.05) is 0 Å². The Morgan fingerprint density at radius 3 is 2.76 bits per heavy atom. The molecule has 3 rings (SSSR count). The lowest BCUT2D eigenvalue weighted by atomic mass is 10.3. The number of carboxylic acid groups (broad SMARTS) is 1. The van der Waals surface area contributed by atoms with Gasteiger partial charge in [-0.1, -0.05) is 18.2 Å². The van der Waals surface area contributed by atoms with E-state index in [1.807, 2.05) is 0 Å². The molecular formula is C14H11N3O4. The van der Waals surface area contributed by atoms with E-state index in [0.29, 0.717) is 17.2 Å². The van der Waals surface area contributed by atoms with Crippen LogP contribution in [0, 0.1) is 0 Å². The highest BCUT2D eigenvalue weighted by Gasteiger charge is 2.12. The first-order chi connectivity index (χ1) is 10.1. The molecule has 7 heteroatoms. The van der Waals surface area contributed by atoms with Gasteiger partial charge in [0.05, 0.1) is 0 Å². The van der Waals surface area contributed by atoms with Crippen LogP contribution in [0.3, 0.4) is 0 Å². The molecule has 0 spiro atoms. The third-order valence-electron chi connectivity index (χ3n) is 2.84. The normalized spacial score (nSPS) is 10.7. The van der Waals surface area contributed by atoms with Gasteiger partial charge in [0.2, 0.25) is 0 Å². The van der Waals surface area contributed by atoms with Crippen LogP contribution in [0.4, 0.5) is 0 Å². The Bertz CT molecular complexity index is 813. The van der Waals surface area contributed by atoms with Crippen molar-refractivity contribution in [2.24, 2.45) is 0 Å². The van der Waals surface area contributed by atoms with Gasteiger partial charge in [0.15, 0.2) is 28.7 Å². The monoisotopic (exact) mass is 285 g/mol. The molecule has 0 bridgehead atoms. The third kappa shape index (κ3) is 2.48. The Kier molecular flexibility index (Phi) is 3.15. The first-order valence-electron chi connectivity index (χ1n) is 6.14. The molecule has 2 aromatic heterocycles. The first kappa shape index (κ1) is 12.9. The fraction of sp³-hybridized carbons (Fsp3) is 0.0714. The van der Waals surface area contributed by atoms with Gasteiger partial charge in [0, 0.05) is 0 Å². The molecule has 0 aliphatic heterocycles. The number of phenolic OH excluding ortho intramolecular Hbond substituents is 1. The average Bonchev–Trinajstić information content (AvgIpc) is 2.88. The van der Waals surface area contributed by atoms with Gasteiger partial charge in [-0.05, 0) is 24.3 Å². The van der Waals surface area contributed by atoms with Crippen molar-refractivity contribution in [3.8, 4) is 11.5 Å². The zero-order chi connectivity index (χ0) is 14.8. The minimum atomic E-state index is -1.08. The highest BCUT2D eigenvalue weighted by molar-refractivity contribution is 5.86. The topological polar surface area (TPSA) is 97.0 Å². The van der Waals surface area contributed by atoms with Crippen LogP contribution < -0.4 is 4.74 Å². The van der Waals surface area contributed by atoms with Gasteiger partial charge in [0.1, 0.15) is 6.61 Å². The molecule has 0 aliphatic rings. The number of benzene rings is 1. The molecular weight excluding hydrogens is 274 g/mol. The van der Waals surface area contributed by atoms with E-state index in [0.717, 1.165) is 0 Å². The number of carbonyl (C=O) groups is 1. The van der Waals surface area contributed by atoms with Crippen LogP contribution >= 0.6 is 0 Å². The van der Waals surface area contributed by atoms with Gasteiger partial charge in [0.25, 0.3) is 0 Å². The summed E-state index contributed by atoms with van der Waals surface area (Å²) in [7, 11) is 0. The van der Waals surface area contributed by atoms with Crippen molar-refractivity contribution in [1.82, 2.24) is 14.6 Å². The van der Waals surface area contributed by atoms with Crippen molar-refractivity contribution >= 4 is 11.6 Å². The van der Waals surface area contributed by atoms with Crippen LogP contribution in [0.15, 0.2) is 42.5 Å². The number of ether oxygens (including phenoxy) is 1. The number of hydrogen-bond donors (Lipinski definition) is 2. The van der Waals surface area contributed by atoms with Crippen molar-refractivity contribution < 1.29 is 19.7 Å². The highest BCUT2D eigenvalue weighted by Crippen LogP contribution is 2.24. The second-order valence-corrected chi connectivity index (χ2v) is 4.27. The van der Waals surface area contributed by atoms with Gasteiger partial charge in [-0.15, -0.1) is 5.10 Å². The minimum absolute atomic E-state index is 0.0208. The molecule has 0 fully saturated rings. The molecule has 3 aromatic rings. The summed E-state index contributed by atoms with van der Waals surface area (Å²) in [6.07, 6.45) is 0. The second-order valence-electron chi connectivity index (χ2n) is 4.27. The molecule has 0 atom stereocenters. The maximum Gasteiger partial charge on any atom is 0.354 e. The summed E-state index contributed by atoms with van der Waals surface area (Å²) in [5.74, 6) is -0.423. The molecule has 0 amide bonds. The predicted octanol–water partition coefficient (Wildman–Crippen LogP) is 1.71. The summed E-state index contributed by atoms with van der Waals surface area (Å²) in [5, 5.41) is 22.8. The number of hydrogen-bond acceptors (Lipinski definition) is 5. The standard InChI is InChI=1S/C14H11N3O4/c18-10-5-1-2-6-11(10)21-8-12-15-13-7-3-4-9(14(19)20)17(13)16-12/h1-7,18H,8H2,(H,19,20). The Morgan fingerprint density at radius 2 is 2.00 bits per heavy atom. The van der Waals surface area contributed by atoms with Crippen molar-refractivity contribution in [3.63, 3.8) is 0 Å². The molecule has 2 heterocycles. The summed E-state index contributed by atoms with van der Waals surface area (Å²) in [6.45, 7) is 0.0261. The van der Waals surface area contributed by atoms with Crippen LogP contribution in [0.1, 0.15) is 16.3 Å². The minimum Gasteiger partial charge on any atom is -0.504 e. The van der Waals surface area contributed by atoms with E-state index in [1.54, 1.807) is 30.3 Å². The number of nitrogens with zero attached hydrogens (tertiary/aromatic N) is 3. The van der Waals surface area contributed by atoms with Gasteiger partial charge in [-0.2, -0.15) is 0 Å². The van der Waals surface area contributed by atoms with E-state index in [-0.39, 0.29) is 18.1 Å². The Balaban J connectivity index is 1.87. The van der Waals surface area contributed by atoms with Crippen molar-refractivity contribution in [1.29, 1.82) is 0 Å². The molecule has 0 saturated carbocycles. The lowest BCUT2D eigenvalue weighted by Gasteiger charge is -2.04. The van der Waals surface area contributed by atoms with Gasteiger partial charge < -0.3 is 14.9 Å². The van der Waals surface area contributed by atoms with Crippen LogP contribution in [-0.2, 0) is 6.61 Å². The molecule has 0 saturated heterocycles. The molecule has 106 valence electrons. The summed E-state index contributed by atoms with van der Waals surface area (Å²) >= 11 is 0. The number of carboxylic acids is 1. The number of fused-ring (bicyclic) bond motifs is 1. The van der Waals surface area contributed by atoms with E-state index in [9.17, 15) is 9.90 Å². The number of aromatic hydroxyl groups is 1. The average molecular weight is 285 g/mol. The molecule has 0 aliphatic carbocycles. The zero-order valence-electron chi connectivity index (χ0n) is 10.8. The van der Waals surface area contributed by atoms with Crippen LogP contribution in [0.2, 0.25) is 0 Å². The zero-order valence-corrected chi connectivity index (χ0v) is 10.8. The number of aromatic carboxylic acids is 1. The first-order valence-corrected chi connectivity index (χ1v) is 6.14. The summed E-state index contributed by atoms with van der Waals surface area (Å²) in [4.78, 5) is 15.3. The number of para-hydroxylation sites is 2. The maximum absolute atomic E-state index is 11.1. The van der Waals surface area contributed by atoms with E-state index in [1.165, 1.54) is 16.6 Å². The molecule has 7 nitrogen and oxygen atoms in total. The van der Waals surface area contributed by atoms with Crippen LogP contribution in [0.25, 0.3) is 5.65 Å². The van der Waals surface area contributed by atoms with Crippen molar-refractivity contribution in [3.05, 3.63) is 54.0 Å². The fourth-order valence-electron chi connectivity index (χ4n) is 1.89. The highest BCUT2D eigenvalue weighted by atomic mass is 16.5. The summed E-state index contributed by atoms with van der Waals surface area (Å²) in [5.41, 5.74) is 0.444. The largest absolute Gasteiger partial charge is 0.504 e. The molecule has 0 radical (unpaired) electrons. The number of phenols is 1. The molecule has 0 unspecified atom stereocenters. The molecule has 1 aromatic carbocycles. The Labute approximate surface area is 119 Å². The third-order valence-corrected chi connectivity index (χ3v) is 2.84.